The van der Waals surface area contributed by atoms with Gasteiger partial charge in [0.25, 0.3) is 0 Å². The molecule has 0 saturated heterocycles. The molecule has 0 radical (unpaired) electrons. The van der Waals surface area contributed by atoms with Gasteiger partial charge in [0, 0.05) is 24.1 Å². The Morgan fingerprint density at radius 1 is 1.36 bits per heavy atom. The van der Waals surface area contributed by atoms with E-state index in [1.54, 1.807) is 19.1 Å². The van der Waals surface area contributed by atoms with Crippen LogP contribution in [0.3, 0.4) is 0 Å². The number of alkyl halides is 2. The van der Waals surface area contributed by atoms with Crippen molar-refractivity contribution in [1.29, 1.82) is 0 Å². The molecule has 0 aliphatic rings. The van der Waals surface area contributed by atoms with Gasteiger partial charge in [-0.15, -0.1) is 0 Å². The number of halogens is 4. The summed E-state index contributed by atoms with van der Waals surface area (Å²) in [5.74, 6) is 0.0816. The van der Waals surface area contributed by atoms with E-state index in [1.165, 1.54) is 10.7 Å². The van der Waals surface area contributed by atoms with Crippen molar-refractivity contribution in [3.05, 3.63) is 43.8 Å². The summed E-state index contributed by atoms with van der Waals surface area (Å²) in [5.41, 5.74) is 1.09. The first-order valence-electron chi connectivity index (χ1n) is 7.48. The number of aromatic nitrogens is 3. The van der Waals surface area contributed by atoms with Crippen molar-refractivity contribution in [3.8, 4) is 11.6 Å². The highest BCUT2D eigenvalue weighted by Crippen LogP contribution is 2.25. The maximum absolute atomic E-state index is 12.3. The van der Waals surface area contributed by atoms with Crippen LogP contribution in [0, 0.1) is 6.92 Å². The second-order valence-corrected chi connectivity index (χ2v) is 6.78. The quantitative estimate of drug-likeness (QED) is 0.580. The second-order valence-electron chi connectivity index (χ2n) is 5.53. The van der Waals surface area contributed by atoms with Crippen molar-refractivity contribution in [2.45, 2.75) is 32.7 Å². The molecule has 5 nitrogen and oxygen atoms in total. The zero-order chi connectivity index (χ0) is 18.1. The lowest BCUT2D eigenvalue weighted by Gasteiger charge is -2.07. The molecule has 0 unspecified atom stereocenters. The molecule has 2 heterocycles. The van der Waals surface area contributed by atoms with E-state index in [9.17, 15) is 13.6 Å². The molecule has 9 heteroatoms. The van der Waals surface area contributed by atoms with Gasteiger partial charge in [-0.05, 0) is 47.0 Å². The number of rotatable bonds is 5. The molecule has 0 amide bonds. The summed E-state index contributed by atoms with van der Waals surface area (Å²) in [7, 11) is 0. The Labute approximate surface area is 154 Å². The van der Waals surface area contributed by atoms with Crippen LogP contribution < -0.4 is 5.63 Å². The van der Waals surface area contributed by atoms with Crippen LogP contribution in [0.1, 0.15) is 18.4 Å². The van der Waals surface area contributed by atoms with Gasteiger partial charge in [-0.3, -0.25) is 4.68 Å². The predicted molar refractivity (Wildman–Crippen MR) is 94.2 cm³/mol. The van der Waals surface area contributed by atoms with Crippen molar-refractivity contribution in [1.82, 2.24) is 14.8 Å². The largest absolute Gasteiger partial charge is 0.401 e. The first kappa shape index (κ1) is 18.0. The lowest BCUT2D eigenvalue weighted by atomic mass is 10.1. The molecule has 0 saturated carbocycles. The molecule has 0 atom stereocenters. The molecular formula is C16H13BrClF2N3O2. The van der Waals surface area contributed by atoms with Crippen molar-refractivity contribution in [3.63, 3.8) is 0 Å². The topological polar surface area (TPSA) is 60.9 Å². The van der Waals surface area contributed by atoms with Crippen molar-refractivity contribution >= 4 is 38.4 Å². The minimum Gasteiger partial charge on any atom is -0.401 e. The van der Waals surface area contributed by atoms with E-state index in [-0.39, 0.29) is 30.7 Å². The molecule has 0 aliphatic heterocycles. The Balaban J connectivity index is 2.06. The van der Waals surface area contributed by atoms with E-state index in [0.717, 1.165) is 5.56 Å². The van der Waals surface area contributed by atoms with Crippen molar-refractivity contribution in [2.24, 2.45) is 0 Å². The van der Waals surface area contributed by atoms with E-state index in [2.05, 4.69) is 26.0 Å². The first-order valence-corrected chi connectivity index (χ1v) is 8.65. The lowest BCUT2D eigenvalue weighted by Crippen LogP contribution is -2.08. The summed E-state index contributed by atoms with van der Waals surface area (Å²) >= 11 is 9.22. The molecule has 132 valence electrons. The lowest BCUT2D eigenvalue weighted by molar-refractivity contribution is 0.132. The molecule has 0 aliphatic carbocycles. The zero-order valence-corrected chi connectivity index (χ0v) is 15.4. The normalized spacial score (nSPS) is 11.6. The highest BCUT2D eigenvalue weighted by atomic mass is 79.9. The Bertz CT molecular complexity index is 987. The highest BCUT2D eigenvalue weighted by molar-refractivity contribution is 9.10. The van der Waals surface area contributed by atoms with Crippen LogP contribution in [0.15, 0.2) is 32.0 Å². The smallest absolute Gasteiger partial charge is 0.347 e. The minimum absolute atomic E-state index is 0.0816. The van der Waals surface area contributed by atoms with Gasteiger partial charge in [0.05, 0.1) is 10.9 Å². The number of fused-ring (bicyclic) bond motifs is 1. The molecule has 3 rings (SSSR count). The molecule has 1 aromatic carbocycles. The number of benzene rings is 1. The third-order valence-electron chi connectivity index (χ3n) is 3.65. The maximum atomic E-state index is 12.3. The van der Waals surface area contributed by atoms with Crippen molar-refractivity contribution in [2.75, 3.05) is 0 Å². The van der Waals surface area contributed by atoms with Crippen LogP contribution in [-0.4, -0.2) is 21.2 Å². The van der Waals surface area contributed by atoms with E-state index < -0.39 is 12.1 Å². The van der Waals surface area contributed by atoms with Gasteiger partial charge < -0.3 is 4.42 Å². The SMILES string of the molecule is Cc1cc(Cl)cc2c(=O)oc(-c3cc(Br)nn3CCCC(F)F)nc12. The predicted octanol–water partition coefficient (Wildman–Crippen LogP) is 4.82. The van der Waals surface area contributed by atoms with Crippen LogP contribution in [0.25, 0.3) is 22.5 Å². The molecule has 0 fully saturated rings. The Kier molecular flexibility index (Phi) is 5.19. The number of hydrogen-bond donors (Lipinski definition) is 0. The average Bonchev–Trinajstić information content (AvgIpc) is 2.88. The molecule has 0 bridgehead atoms. The van der Waals surface area contributed by atoms with E-state index >= 15 is 0 Å². The fourth-order valence-corrected chi connectivity index (χ4v) is 3.22. The summed E-state index contributed by atoms with van der Waals surface area (Å²) in [6, 6.07) is 4.84. The van der Waals surface area contributed by atoms with Crippen LogP contribution >= 0.6 is 27.5 Å². The molecule has 0 spiro atoms. The molecule has 2 aromatic heterocycles. The Hall–Kier alpha value is -1.80. The number of aryl methyl sites for hydroxylation is 2. The van der Waals surface area contributed by atoms with Gasteiger partial charge in [0.15, 0.2) is 0 Å². The van der Waals surface area contributed by atoms with E-state index in [1.807, 2.05) is 0 Å². The zero-order valence-electron chi connectivity index (χ0n) is 13.1. The van der Waals surface area contributed by atoms with Crippen LogP contribution in [0.5, 0.6) is 0 Å². The van der Waals surface area contributed by atoms with Gasteiger partial charge in [0.2, 0.25) is 12.3 Å². The summed E-state index contributed by atoms with van der Waals surface area (Å²) < 4.78 is 32.0. The van der Waals surface area contributed by atoms with Gasteiger partial charge in [0.1, 0.15) is 10.3 Å². The molecule has 25 heavy (non-hydrogen) atoms. The molecular weight excluding hydrogens is 420 g/mol. The fourth-order valence-electron chi connectivity index (χ4n) is 2.54. The van der Waals surface area contributed by atoms with Crippen LogP contribution in [0.2, 0.25) is 5.02 Å². The number of nitrogens with zero attached hydrogens (tertiary/aromatic N) is 3. The third kappa shape index (κ3) is 3.90. The number of hydrogen-bond acceptors (Lipinski definition) is 4. The minimum atomic E-state index is -2.37. The summed E-state index contributed by atoms with van der Waals surface area (Å²) in [5, 5.41) is 4.91. The van der Waals surface area contributed by atoms with Crippen LogP contribution in [-0.2, 0) is 6.54 Å². The van der Waals surface area contributed by atoms with Gasteiger partial charge in [-0.25, -0.2) is 18.6 Å². The summed E-state index contributed by atoms with van der Waals surface area (Å²) in [6.45, 7) is 2.05. The van der Waals surface area contributed by atoms with Gasteiger partial charge >= 0.3 is 5.63 Å². The highest BCUT2D eigenvalue weighted by Gasteiger charge is 2.17. The average molecular weight is 433 g/mol. The Morgan fingerprint density at radius 3 is 2.84 bits per heavy atom. The van der Waals surface area contributed by atoms with Gasteiger partial charge in [-0.1, -0.05) is 11.6 Å². The molecule has 0 N–H and O–H groups in total. The first-order chi connectivity index (χ1) is 11.8. The third-order valence-corrected chi connectivity index (χ3v) is 4.26. The summed E-state index contributed by atoms with van der Waals surface area (Å²) in [4.78, 5) is 16.7. The van der Waals surface area contributed by atoms with E-state index in [0.29, 0.717) is 20.8 Å². The maximum Gasteiger partial charge on any atom is 0.347 e. The van der Waals surface area contributed by atoms with Gasteiger partial charge in [-0.2, -0.15) is 5.10 Å². The van der Waals surface area contributed by atoms with E-state index in [4.69, 9.17) is 16.0 Å². The van der Waals surface area contributed by atoms with Crippen LogP contribution in [0.4, 0.5) is 8.78 Å². The second kappa shape index (κ2) is 7.21. The standard InChI is InChI=1S/C16H13BrClF2N3O2/c1-8-5-9(18)6-10-14(8)21-15(25-16(10)24)11-7-12(17)22-23(11)4-2-3-13(19)20/h5-7,13H,2-4H2,1H3. The Morgan fingerprint density at radius 2 is 2.12 bits per heavy atom. The summed E-state index contributed by atoms with van der Waals surface area (Å²) in [6.07, 6.45) is -2.36. The monoisotopic (exact) mass is 431 g/mol. The fraction of sp³-hybridized carbons (Fsp3) is 0.312. The molecule has 3 aromatic rings. The van der Waals surface area contributed by atoms with Crippen molar-refractivity contribution < 1.29 is 13.2 Å².